The quantitative estimate of drug-likeness (QED) is 0.849. The van der Waals surface area contributed by atoms with Crippen LogP contribution < -0.4 is 4.90 Å². The molecule has 4 nitrogen and oxygen atoms in total. The highest BCUT2D eigenvalue weighted by Crippen LogP contribution is 2.27. The second-order valence-electron chi connectivity index (χ2n) is 5.28. The van der Waals surface area contributed by atoms with Gasteiger partial charge in [-0.3, -0.25) is 0 Å². The smallest absolute Gasteiger partial charge is 0.328 e. The van der Waals surface area contributed by atoms with Crippen LogP contribution in [-0.4, -0.2) is 36.4 Å². The van der Waals surface area contributed by atoms with Crippen molar-refractivity contribution < 1.29 is 14.6 Å². The molecule has 1 fully saturated rings. The van der Waals surface area contributed by atoms with Crippen molar-refractivity contribution in [3.63, 3.8) is 0 Å². The van der Waals surface area contributed by atoms with Gasteiger partial charge in [0.25, 0.3) is 0 Å². The van der Waals surface area contributed by atoms with Crippen LogP contribution in [0.5, 0.6) is 0 Å². The summed E-state index contributed by atoms with van der Waals surface area (Å²) in [5.41, 5.74) is 2.01. The molecule has 0 saturated carbocycles. The van der Waals surface area contributed by atoms with Crippen molar-refractivity contribution in [3.05, 3.63) is 35.9 Å². The molecule has 1 aromatic carbocycles. The van der Waals surface area contributed by atoms with E-state index in [1.807, 2.05) is 24.3 Å². The zero-order valence-electron chi connectivity index (χ0n) is 11.3. The average molecular weight is 261 g/mol. The molecule has 0 spiro atoms. The van der Waals surface area contributed by atoms with Crippen LogP contribution in [0.2, 0.25) is 0 Å². The summed E-state index contributed by atoms with van der Waals surface area (Å²) in [6.07, 6.45) is 2.74. The van der Waals surface area contributed by atoms with E-state index >= 15 is 0 Å². The minimum Gasteiger partial charge on any atom is -0.478 e. The minimum absolute atomic E-state index is 0.0172. The Labute approximate surface area is 113 Å². The van der Waals surface area contributed by atoms with Crippen LogP contribution in [0.1, 0.15) is 19.4 Å². The Balaban J connectivity index is 2.15. The van der Waals surface area contributed by atoms with Crippen LogP contribution in [-0.2, 0) is 9.53 Å². The predicted molar refractivity (Wildman–Crippen MR) is 75.4 cm³/mol. The first-order valence-electron chi connectivity index (χ1n) is 6.35. The van der Waals surface area contributed by atoms with E-state index in [4.69, 9.17) is 9.84 Å². The number of nitrogens with zero attached hydrogens (tertiary/aromatic N) is 1. The SMILES string of the molecule is CC1(C)COCCN1c1ccc(/C=C/C(=O)O)cc1. The Morgan fingerprint density at radius 1 is 1.37 bits per heavy atom. The largest absolute Gasteiger partial charge is 0.478 e. The third-order valence-corrected chi connectivity index (χ3v) is 3.27. The van der Waals surface area contributed by atoms with Crippen molar-refractivity contribution >= 4 is 17.7 Å². The van der Waals surface area contributed by atoms with Gasteiger partial charge in [0, 0.05) is 18.3 Å². The maximum Gasteiger partial charge on any atom is 0.328 e. The van der Waals surface area contributed by atoms with E-state index in [1.54, 1.807) is 6.08 Å². The van der Waals surface area contributed by atoms with Gasteiger partial charge < -0.3 is 14.7 Å². The van der Waals surface area contributed by atoms with Crippen LogP contribution >= 0.6 is 0 Å². The number of ether oxygens (including phenoxy) is 1. The van der Waals surface area contributed by atoms with Crippen LogP contribution in [0.4, 0.5) is 5.69 Å². The van der Waals surface area contributed by atoms with Gasteiger partial charge in [0.2, 0.25) is 0 Å². The van der Waals surface area contributed by atoms with Crippen molar-refractivity contribution in [1.29, 1.82) is 0 Å². The summed E-state index contributed by atoms with van der Waals surface area (Å²) in [6, 6.07) is 7.91. The molecular weight excluding hydrogens is 242 g/mol. The number of morpholine rings is 1. The van der Waals surface area contributed by atoms with E-state index in [-0.39, 0.29) is 5.54 Å². The standard InChI is InChI=1S/C15H19NO3/c1-15(2)11-19-10-9-16(15)13-6-3-12(4-7-13)5-8-14(17)18/h3-8H,9-11H2,1-2H3,(H,17,18)/b8-5+. The number of rotatable bonds is 3. The van der Waals surface area contributed by atoms with Crippen LogP contribution in [0.3, 0.4) is 0 Å². The molecule has 0 radical (unpaired) electrons. The monoisotopic (exact) mass is 261 g/mol. The molecule has 0 unspecified atom stereocenters. The summed E-state index contributed by atoms with van der Waals surface area (Å²) in [4.78, 5) is 12.8. The molecule has 2 rings (SSSR count). The third kappa shape index (κ3) is 3.35. The molecule has 0 amide bonds. The molecule has 1 saturated heterocycles. The zero-order valence-corrected chi connectivity index (χ0v) is 11.3. The Kier molecular flexibility index (Phi) is 3.90. The normalized spacial score (nSPS) is 18.7. The van der Waals surface area contributed by atoms with Gasteiger partial charge in [0.15, 0.2) is 0 Å². The maximum absolute atomic E-state index is 10.5. The Morgan fingerprint density at radius 3 is 2.63 bits per heavy atom. The van der Waals surface area contributed by atoms with Gasteiger partial charge in [-0.1, -0.05) is 12.1 Å². The maximum atomic E-state index is 10.5. The molecule has 19 heavy (non-hydrogen) atoms. The molecule has 1 aliphatic heterocycles. The van der Waals surface area contributed by atoms with E-state index < -0.39 is 5.97 Å². The lowest BCUT2D eigenvalue weighted by Gasteiger charge is -2.43. The molecule has 0 aromatic heterocycles. The van der Waals surface area contributed by atoms with Crippen molar-refractivity contribution in [1.82, 2.24) is 0 Å². The molecule has 1 aliphatic rings. The number of carboxylic acid groups (broad SMARTS) is 1. The lowest BCUT2D eigenvalue weighted by Crippen LogP contribution is -2.53. The van der Waals surface area contributed by atoms with Gasteiger partial charge in [-0.15, -0.1) is 0 Å². The number of carboxylic acids is 1. The topological polar surface area (TPSA) is 49.8 Å². The average Bonchev–Trinajstić information content (AvgIpc) is 2.37. The summed E-state index contributed by atoms with van der Waals surface area (Å²) >= 11 is 0. The summed E-state index contributed by atoms with van der Waals surface area (Å²) < 4.78 is 5.51. The highest BCUT2D eigenvalue weighted by Gasteiger charge is 2.30. The van der Waals surface area contributed by atoms with E-state index in [1.165, 1.54) is 0 Å². The zero-order chi connectivity index (χ0) is 13.9. The molecule has 1 N–H and O–H groups in total. The van der Waals surface area contributed by atoms with Crippen LogP contribution in [0, 0.1) is 0 Å². The fraction of sp³-hybridized carbons (Fsp3) is 0.400. The van der Waals surface area contributed by atoms with E-state index in [0.717, 1.165) is 30.5 Å². The Bertz CT molecular complexity index is 477. The molecule has 1 heterocycles. The lowest BCUT2D eigenvalue weighted by molar-refractivity contribution is -0.131. The fourth-order valence-electron chi connectivity index (χ4n) is 2.27. The number of benzene rings is 1. The van der Waals surface area contributed by atoms with Gasteiger partial charge in [0.1, 0.15) is 0 Å². The van der Waals surface area contributed by atoms with Crippen molar-refractivity contribution in [2.24, 2.45) is 0 Å². The molecule has 0 aliphatic carbocycles. The first-order valence-corrected chi connectivity index (χ1v) is 6.35. The highest BCUT2D eigenvalue weighted by molar-refractivity contribution is 5.85. The van der Waals surface area contributed by atoms with E-state index in [2.05, 4.69) is 18.7 Å². The van der Waals surface area contributed by atoms with Gasteiger partial charge >= 0.3 is 5.97 Å². The Hall–Kier alpha value is -1.81. The van der Waals surface area contributed by atoms with E-state index in [9.17, 15) is 4.79 Å². The summed E-state index contributed by atoms with van der Waals surface area (Å²) in [5.74, 6) is -0.932. The van der Waals surface area contributed by atoms with Gasteiger partial charge in [-0.05, 0) is 37.6 Å². The lowest BCUT2D eigenvalue weighted by atomic mass is 10.0. The number of carbonyl (C=O) groups is 1. The van der Waals surface area contributed by atoms with Crippen LogP contribution in [0.15, 0.2) is 30.3 Å². The first kappa shape index (κ1) is 13.6. The number of anilines is 1. The fourth-order valence-corrected chi connectivity index (χ4v) is 2.27. The second kappa shape index (κ2) is 5.45. The molecule has 1 aromatic rings. The number of hydrogen-bond acceptors (Lipinski definition) is 3. The number of aliphatic carboxylic acids is 1. The first-order chi connectivity index (χ1) is 8.99. The molecule has 102 valence electrons. The van der Waals surface area contributed by atoms with Crippen molar-refractivity contribution in [2.45, 2.75) is 19.4 Å². The molecular formula is C15H19NO3. The summed E-state index contributed by atoms with van der Waals surface area (Å²) in [6.45, 7) is 6.64. The summed E-state index contributed by atoms with van der Waals surface area (Å²) in [5, 5.41) is 8.59. The van der Waals surface area contributed by atoms with Gasteiger partial charge in [-0.2, -0.15) is 0 Å². The number of hydrogen-bond donors (Lipinski definition) is 1. The highest BCUT2D eigenvalue weighted by atomic mass is 16.5. The minimum atomic E-state index is -0.932. The second-order valence-corrected chi connectivity index (χ2v) is 5.28. The van der Waals surface area contributed by atoms with E-state index in [0.29, 0.717) is 6.61 Å². The summed E-state index contributed by atoms with van der Waals surface area (Å²) in [7, 11) is 0. The Morgan fingerprint density at radius 2 is 2.05 bits per heavy atom. The predicted octanol–water partition coefficient (Wildman–Crippen LogP) is 2.40. The molecule has 0 bridgehead atoms. The van der Waals surface area contributed by atoms with Crippen molar-refractivity contribution in [3.8, 4) is 0 Å². The van der Waals surface area contributed by atoms with Crippen LogP contribution in [0.25, 0.3) is 6.08 Å². The molecule has 0 atom stereocenters. The third-order valence-electron chi connectivity index (χ3n) is 3.27. The van der Waals surface area contributed by atoms with Gasteiger partial charge in [0.05, 0.1) is 18.8 Å². The molecule has 4 heteroatoms. The van der Waals surface area contributed by atoms with Crippen molar-refractivity contribution in [2.75, 3.05) is 24.7 Å². The van der Waals surface area contributed by atoms with Gasteiger partial charge in [-0.25, -0.2) is 4.79 Å².